The van der Waals surface area contributed by atoms with Crippen LogP contribution in [0.5, 0.6) is 0 Å². The van der Waals surface area contributed by atoms with Gasteiger partial charge in [0.2, 0.25) is 0 Å². The van der Waals surface area contributed by atoms with Crippen molar-refractivity contribution in [3.63, 3.8) is 0 Å². The van der Waals surface area contributed by atoms with Crippen LogP contribution in [0.25, 0.3) is 0 Å². The number of anilines is 1. The van der Waals surface area contributed by atoms with Gasteiger partial charge in [-0.1, -0.05) is 39.5 Å². The zero-order chi connectivity index (χ0) is 14.5. The smallest absolute Gasteiger partial charge is 0.354 e. The summed E-state index contributed by atoms with van der Waals surface area (Å²) in [6.07, 6.45) is 7.29. The van der Waals surface area contributed by atoms with Crippen molar-refractivity contribution in [3.05, 3.63) is 17.6 Å². The molecular formula is C15H23N3O2. The van der Waals surface area contributed by atoms with E-state index in [0.717, 1.165) is 12.8 Å². The van der Waals surface area contributed by atoms with Crippen LogP contribution < -0.4 is 5.32 Å². The van der Waals surface area contributed by atoms with Crippen LogP contribution in [0.4, 0.5) is 5.82 Å². The number of rotatable bonds is 4. The highest BCUT2D eigenvalue weighted by molar-refractivity contribution is 5.86. The van der Waals surface area contributed by atoms with Gasteiger partial charge in [0.05, 0.1) is 0 Å². The monoisotopic (exact) mass is 277 g/mol. The summed E-state index contributed by atoms with van der Waals surface area (Å²) in [4.78, 5) is 19.7. The normalized spacial score (nSPS) is 16.9. The molecule has 1 aliphatic carbocycles. The van der Waals surface area contributed by atoms with Gasteiger partial charge >= 0.3 is 5.97 Å². The lowest BCUT2D eigenvalue weighted by molar-refractivity contribution is 0.0690. The molecule has 1 aromatic heterocycles. The molecule has 2 rings (SSSR count). The van der Waals surface area contributed by atoms with Crippen LogP contribution in [-0.4, -0.2) is 27.1 Å². The van der Waals surface area contributed by atoms with Gasteiger partial charge in [0.25, 0.3) is 0 Å². The van der Waals surface area contributed by atoms with Crippen molar-refractivity contribution in [1.82, 2.24) is 9.97 Å². The molecule has 0 atom stereocenters. The fraction of sp³-hybridized carbons (Fsp3) is 0.667. The van der Waals surface area contributed by atoms with Crippen molar-refractivity contribution >= 4 is 11.8 Å². The Kier molecular flexibility index (Phi) is 4.93. The van der Waals surface area contributed by atoms with Gasteiger partial charge in [-0.15, -0.1) is 0 Å². The molecule has 1 fully saturated rings. The summed E-state index contributed by atoms with van der Waals surface area (Å²) in [5.41, 5.74) is 0.0693. The quantitative estimate of drug-likeness (QED) is 0.825. The Morgan fingerprint density at radius 2 is 1.90 bits per heavy atom. The first kappa shape index (κ1) is 14.8. The molecule has 0 aromatic carbocycles. The number of carboxylic acid groups (broad SMARTS) is 1. The van der Waals surface area contributed by atoms with Gasteiger partial charge in [-0.05, 0) is 12.8 Å². The molecule has 0 amide bonds. The zero-order valence-corrected chi connectivity index (χ0v) is 12.2. The lowest BCUT2D eigenvalue weighted by Crippen LogP contribution is -2.20. The van der Waals surface area contributed by atoms with Crippen molar-refractivity contribution < 1.29 is 9.90 Å². The minimum Gasteiger partial charge on any atom is -0.477 e. The number of carbonyl (C=O) groups is 1. The molecule has 1 heterocycles. The van der Waals surface area contributed by atoms with E-state index in [1.165, 1.54) is 25.7 Å². The average molecular weight is 277 g/mol. The molecule has 1 aromatic rings. The largest absolute Gasteiger partial charge is 0.477 e. The van der Waals surface area contributed by atoms with Gasteiger partial charge in [-0.25, -0.2) is 14.8 Å². The van der Waals surface area contributed by atoms with Gasteiger partial charge < -0.3 is 10.4 Å². The Morgan fingerprint density at radius 3 is 2.45 bits per heavy atom. The van der Waals surface area contributed by atoms with E-state index in [1.54, 1.807) is 6.07 Å². The molecule has 0 aliphatic heterocycles. The zero-order valence-electron chi connectivity index (χ0n) is 12.2. The van der Waals surface area contributed by atoms with Crippen molar-refractivity contribution in [1.29, 1.82) is 0 Å². The van der Waals surface area contributed by atoms with Crippen LogP contribution in [0.15, 0.2) is 6.07 Å². The van der Waals surface area contributed by atoms with Crippen LogP contribution in [0, 0.1) is 0 Å². The van der Waals surface area contributed by atoms with Crippen LogP contribution in [0.1, 0.15) is 74.6 Å². The Bertz CT molecular complexity index is 466. The fourth-order valence-electron chi connectivity index (χ4n) is 2.54. The molecule has 5 nitrogen and oxygen atoms in total. The summed E-state index contributed by atoms with van der Waals surface area (Å²) >= 11 is 0. The number of aromatic nitrogens is 2. The molecule has 0 unspecified atom stereocenters. The fourth-order valence-corrected chi connectivity index (χ4v) is 2.54. The second-order valence-corrected chi connectivity index (χ2v) is 5.79. The van der Waals surface area contributed by atoms with E-state index in [1.807, 2.05) is 13.8 Å². The number of carboxylic acids is 1. The summed E-state index contributed by atoms with van der Waals surface area (Å²) in [6.45, 7) is 3.94. The number of hydrogen-bond acceptors (Lipinski definition) is 4. The lowest BCUT2D eigenvalue weighted by atomic mass is 10.1. The van der Waals surface area contributed by atoms with Crippen LogP contribution in [0.3, 0.4) is 0 Å². The van der Waals surface area contributed by atoms with Crippen LogP contribution >= 0.6 is 0 Å². The molecule has 0 bridgehead atoms. The van der Waals surface area contributed by atoms with Gasteiger partial charge in [0.15, 0.2) is 5.69 Å². The predicted octanol–water partition coefficient (Wildman–Crippen LogP) is 3.43. The van der Waals surface area contributed by atoms with Gasteiger partial charge in [0.1, 0.15) is 11.6 Å². The van der Waals surface area contributed by atoms with E-state index >= 15 is 0 Å². The van der Waals surface area contributed by atoms with Gasteiger partial charge in [-0.2, -0.15) is 0 Å². The third-order valence-corrected chi connectivity index (χ3v) is 3.69. The number of nitrogens with one attached hydrogen (secondary N) is 1. The lowest BCUT2D eigenvalue weighted by Gasteiger charge is -2.18. The second kappa shape index (κ2) is 6.68. The third-order valence-electron chi connectivity index (χ3n) is 3.69. The van der Waals surface area contributed by atoms with E-state index in [-0.39, 0.29) is 11.6 Å². The standard InChI is InChI=1S/C15H23N3O2/c1-10(2)14-17-12(15(19)20)9-13(18-14)16-11-7-5-3-4-6-8-11/h9-11H,3-8H2,1-2H3,(H,19,20)(H,16,17,18). The van der Waals surface area contributed by atoms with E-state index in [0.29, 0.717) is 17.7 Å². The highest BCUT2D eigenvalue weighted by atomic mass is 16.4. The van der Waals surface area contributed by atoms with Gasteiger partial charge in [0, 0.05) is 18.0 Å². The molecule has 110 valence electrons. The molecule has 0 saturated heterocycles. The summed E-state index contributed by atoms with van der Waals surface area (Å²) in [6, 6.07) is 1.94. The molecule has 20 heavy (non-hydrogen) atoms. The maximum absolute atomic E-state index is 11.2. The maximum atomic E-state index is 11.2. The minimum absolute atomic E-state index is 0.0693. The number of hydrogen-bond donors (Lipinski definition) is 2. The predicted molar refractivity (Wildman–Crippen MR) is 78.2 cm³/mol. The summed E-state index contributed by atoms with van der Waals surface area (Å²) in [7, 11) is 0. The Balaban J connectivity index is 2.18. The van der Waals surface area contributed by atoms with Crippen molar-refractivity contribution in [3.8, 4) is 0 Å². The van der Waals surface area contributed by atoms with Crippen LogP contribution in [0.2, 0.25) is 0 Å². The topological polar surface area (TPSA) is 75.1 Å². The molecule has 2 N–H and O–H groups in total. The highest BCUT2D eigenvalue weighted by Gasteiger charge is 2.16. The Labute approximate surface area is 119 Å². The first-order valence-electron chi connectivity index (χ1n) is 7.45. The summed E-state index contributed by atoms with van der Waals surface area (Å²) in [5, 5.41) is 12.5. The first-order chi connectivity index (χ1) is 9.56. The van der Waals surface area contributed by atoms with E-state index in [4.69, 9.17) is 5.11 Å². The number of nitrogens with zero attached hydrogens (tertiary/aromatic N) is 2. The molecule has 1 aliphatic rings. The third kappa shape index (κ3) is 3.92. The molecule has 5 heteroatoms. The SMILES string of the molecule is CC(C)c1nc(NC2CCCCCC2)cc(C(=O)O)n1. The van der Waals surface area contributed by atoms with Crippen molar-refractivity contribution in [2.24, 2.45) is 0 Å². The average Bonchev–Trinajstić information content (AvgIpc) is 2.67. The summed E-state index contributed by atoms with van der Waals surface area (Å²) < 4.78 is 0. The van der Waals surface area contributed by atoms with E-state index in [9.17, 15) is 4.79 Å². The van der Waals surface area contributed by atoms with E-state index < -0.39 is 5.97 Å². The maximum Gasteiger partial charge on any atom is 0.354 e. The molecular weight excluding hydrogens is 254 g/mol. The Hall–Kier alpha value is -1.65. The second-order valence-electron chi connectivity index (χ2n) is 5.79. The van der Waals surface area contributed by atoms with Crippen LogP contribution in [-0.2, 0) is 0 Å². The van der Waals surface area contributed by atoms with Crippen molar-refractivity contribution in [2.75, 3.05) is 5.32 Å². The minimum atomic E-state index is -1.00. The summed E-state index contributed by atoms with van der Waals surface area (Å²) in [5.74, 6) is 0.344. The molecule has 1 saturated carbocycles. The first-order valence-corrected chi connectivity index (χ1v) is 7.45. The van der Waals surface area contributed by atoms with E-state index in [2.05, 4.69) is 15.3 Å². The van der Waals surface area contributed by atoms with Gasteiger partial charge in [-0.3, -0.25) is 0 Å². The highest BCUT2D eigenvalue weighted by Crippen LogP contribution is 2.21. The molecule has 0 radical (unpaired) electrons. The number of aromatic carboxylic acids is 1. The molecule has 0 spiro atoms. The van der Waals surface area contributed by atoms with Crippen molar-refractivity contribution in [2.45, 2.75) is 64.3 Å². The Morgan fingerprint density at radius 1 is 1.25 bits per heavy atom.